The summed E-state index contributed by atoms with van der Waals surface area (Å²) in [6.45, 7) is 1.85. The second-order valence-electron chi connectivity index (χ2n) is 6.13. The average molecular weight is 363 g/mol. The smallest absolute Gasteiger partial charge is 0.243 e. The SMILES string of the molecule is Cc1ccc(S(=O)(=O)N(CCO)CC(=O)c2cnn3c2CCC3)cc1. The molecule has 7 nitrogen and oxygen atoms in total. The fraction of sp³-hybridized carbons (Fsp3) is 0.412. The lowest BCUT2D eigenvalue weighted by molar-refractivity contribution is 0.0960. The van der Waals surface area contributed by atoms with E-state index in [1.54, 1.807) is 16.8 Å². The summed E-state index contributed by atoms with van der Waals surface area (Å²) in [5.74, 6) is -0.299. The van der Waals surface area contributed by atoms with Crippen LogP contribution in [0.2, 0.25) is 0 Å². The van der Waals surface area contributed by atoms with Crippen LogP contribution in [-0.2, 0) is 23.0 Å². The molecule has 1 aromatic carbocycles. The van der Waals surface area contributed by atoms with Crippen LogP contribution >= 0.6 is 0 Å². The fourth-order valence-electron chi connectivity index (χ4n) is 3.00. The van der Waals surface area contributed by atoms with Gasteiger partial charge in [-0.1, -0.05) is 17.7 Å². The fourth-order valence-corrected chi connectivity index (χ4v) is 4.38. The first kappa shape index (κ1) is 17.8. The van der Waals surface area contributed by atoms with Gasteiger partial charge in [0.15, 0.2) is 5.78 Å². The summed E-state index contributed by atoms with van der Waals surface area (Å²) in [6, 6.07) is 6.43. The van der Waals surface area contributed by atoms with E-state index in [1.165, 1.54) is 18.3 Å². The van der Waals surface area contributed by atoms with Crippen LogP contribution in [0.1, 0.15) is 28.0 Å². The van der Waals surface area contributed by atoms with Crippen molar-refractivity contribution in [3.8, 4) is 0 Å². The molecule has 0 saturated carbocycles. The van der Waals surface area contributed by atoms with Crippen LogP contribution in [0.3, 0.4) is 0 Å². The molecule has 1 aliphatic heterocycles. The van der Waals surface area contributed by atoms with E-state index < -0.39 is 10.0 Å². The highest BCUT2D eigenvalue weighted by Gasteiger charge is 2.29. The molecule has 134 valence electrons. The lowest BCUT2D eigenvalue weighted by atomic mass is 10.1. The third kappa shape index (κ3) is 3.51. The van der Waals surface area contributed by atoms with Gasteiger partial charge < -0.3 is 5.11 Å². The monoisotopic (exact) mass is 363 g/mol. The number of aliphatic hydroxyl groups is 1. The zero-order valence-electron chi connectivity index (χ0n) is 14.1. The van der Waals surface area contributed by atoms with Crippen LogP contribution in [-0.4, -0.2) is 53.1 Å². The second-order valence-corrected chi connectivity index (χ2v) is 8.07. The summed E-state index contributed by atoms with van der Waals surface area (Å²) < 4.78 is 28.4. The van der Waals surface area contributed by atoms with Gasteiger partial charge in [0, 0.05) is 18.8 Å². The third-order valence-corrected chi connectivity index (χ3v) is 6.22. The number of aliphatic hydroxyl groups excluding tert-OH is 1. The van der Waals surface area contributed by atoms with Crippen molar-refractivity contribution < 1.29 is 18.3 Å². The van der Waals surface area contributed by atoms with Gasteiger partial charge in [-0.3, -0.25) is 9.48 Å². The van der Waals surface area contributed by atoms with Crippen molar-refractivity contribution in [1.82, 2.24) is 14.1 Å². The number of ketones is 1. The van der Waals surface area contributed by atoms with E-state index in [0.29, 0.717) is 5.56 Å². The molecule has 0 unspecified atom stereocenters. The number of aryl methyl sites for hydroxylation is 2. The summed E-state index contributed by atoms with van der Waals surface area (Å²) >= 11 is 0. The summed E-state index contributed by atoms with van der Waals surface area (Å²) in [5, 5.41) is 13.4. The van der Waals surface area contributed by atoms with E-state index in [1.807, 2.05) is 6.92 Å². The Morgan fingerprint density at radius 2 is 2.04 bits per heavy atom. The molecule has 0 radical (unpaired) electrons. The van der Waals surface area contributed by atoms with Gasteiger partial charge in [-0.2, -0.15) is 9.40 Å². The quantitative estimate of drug-likeness (QED) is 0.741. The lowest BCUT2D eigenvalue weighted by Crippen LogP contribution is -2.38. The van der Waals surface area contributed by atoms with Crippen LogP contribution < -0.4 is 0 Å². The Kier molecular flexibility index (Phi) is 5.03. The zero-order valence-corrected chi connectivity index (χ0v) is 14.9. The summed E-state index contributed by atoms with van der Waals surface area (Å²) in [7, 11) is -3.85. The highest BCUT2D eigenvalue weighted by molar-refractivity contribution is 7.89. The van der Waals surface area contributed by atoms with Crippen LogP contribution in [0.15, 0.2) is 35.4 Å². The van der Waals surface area contributed by atoms with E-state index >= 15 is 0 Å². The largest absolute Gasteiger partial charge is 0.395 e. The average Bonchev–Trinajstić information content (AvgIpc) is 3.18. The highest BCUT2D eigenvalue weighted by atomic mass is 32.2. The van der Waals surface area contributed by atoms with Crippen molar-refractivity contribution in [2.24, 2.45) is 0 Å². The Balaban J connectivity index is 1.85. The Morgan fingerprint density at radius 3 is 2.72 bits per heavy atom. The molecular formula is C17H21N3O4S. The lowest BCUT2D eigenvalue weighted by Gasteiger charge is -2.20. The molecule has 2 heterocycles. The number of carbonyl (C=O) groups excluding carboxylic acids is 1. The number of sulfonamides is 1. The number of hydrogen-bond acceptors (Lipinski definition) is 5. The molecule has 0 bridgehead atoms. The van der Waals surface area contributed by atoms with Crippen molar-refractivity contribution in [3.05, 3.63) is 47.3 Å². The normalized spacial score (nSPS) is 14.0. The molecule has 1 aliphatic rings. The number of benzene rings is 1. The van der Waals surface area contributed by atoms with Gasteiger partial charge >= 0.3 is 0 Å². The first-order valence-electron chi connectivity index (χ1n) is 8.19. The number of aromatic nitrogens is 2. The molecule has 0 aliphatic carbocycles. The Hall–Kier alpha value is -2.03. The Labute approximate surface area is 146 Å². The minimum Gasteiger partial charge on any atom is -0.395 e. The van der Waals surface area contributed by atoms with Crippen molar-refractivity contribution >= 4 is 15.8 Å². The molecule has 0 amide bonds. The predicted molar refractivity (Wildman–Crippen MR) is 91.9 cm³/mol. The van der Waals surface area contributed by atoms with Gasteiger partial charge in [0.1, 0.15) is 0 Å². The highest BCUT2D eigenvalue weighted by Crippen LogP contribution is 2.21. The molecule has 0 atom stereocenters. The van der Waals surface area contributed by atoms with Crippen molar-refractivity contribution in [2.45, 2.75) is 31.2 Å². The van der Waals surface area contributed by atoms with Gasteiger partial charge in [0.25, 0.3) is 0 Å². The van der Waals surface area contributed by atoms with Gasteiger partial charge in [-0.15, -0.1) is 0 Å². The molecule has 1 aromatic heterocycles. The number of carbonyl (C=O) groups is 1. The van der Waals surface area contributed by atoms with Crippen LogP contribution in [0.25, 0.3) is 0 Å². The second kappa shape index (κ2) is 7.07. The Bertz CT molecular complexity index is 872. The standard InChI is InChI=1S/C17H21N3O4S/c1-13-4-6-14(7-5-13)25(23,24)19(9-10-21)12-17(22)15-11-18-20-8-2-3-16(15)20/h4-7,11,21H,2-3,8-10,12H2,1H3. The zero-order chi connectivity index (χ0) is 18.0. The maximum atomic E-state index is 12.8. The van der Waals surface area contributed by atoms with E-state index in [9.17, 15) is 18.3 Å². The summed E-state index contributed by atoms with van der Waals surface area (Å²) in [6.07, 6.45) is 3.21. The van der Waals surface area contributed by atoms with E-state index in [2.05, 4.69) is 5.10 Å². The molecule has 0 spiro atoms. The van der Waals surface area contributed by atoms with E-state index in [-0.39, 0.29) is 30.4 Å². The van der Waals surface area contributed by atoms with Crippen LogP contribution in [0, 0.1) is 6.92 Å². The van der Waals surface area contributed by atoms with Crippen LogP contribution in [0.4, 0.5) is 0 Å². The van der Waals surface area contributed by atoms with Crippen LogP contribution in [0.5, 0.6) is 0 Å². The Morgan fingerprint density at radius 1 is 1.32 bits per heavy atom. The molecule has 1 N–H and O–H groups in total. The first-order valence-corrected chi connectivity index (χ1v) is 9.63. The first-order chi connectivity index (χ1) is 11.9. The van der Waals surface area contributed by atoms with E-state index in [0.717, 1.165) is 34.9 Å². The molecule has 3 rings (SSSR count). The molecule has 0 fully saturated rings. The summed E-state index contributed by atoms with van der Waals surface area (Å²) in [4.78, 5) is 12.8. The maximum Gasteiger partial charge on any atom is 0.243 e. The number of nitrogens with zero attached hydrogens (tertiary/aromatic N) is 3. The van der Waals surface area contributed by atoms with Gasteiger partial charge in [-0.25, -0.2) is 8.42 Å². The number of hydrogen-bond donors (Lipinski definition) is 1. The topological polar surface area (TPSA) is 92.5 Å². The van der Waals surface area contributed by atoms with Crippen molar-refractivity contribution in [3.63, 3.8) is 0 Å². The molecule has 0 saturated heterocycles. The van der Waals surface area contributed by atoms with E-state index in [4.69, 9.17) is 0 Å². The number of rotatable bonds is 7. The predicted octanol–water partition coefficient (Wildman–Crippen LogP) is 1.00. The molecule has 2 aromatic rings. The van der Waals surface area contributed by atoms with Crippen molar-refractivity contribution in [2.75, 3.05) is 19.7 Å². The van der Waals surface area contributed by atoms with Crippen molar-refractivity contribution in [1.29, 1.82) is 0 Å². The number of fused-ring (bicyclic) bond motifs is 1. The third-order valence-electron chi connectivity index (χ3n) is 4.36. The van der Waals surface area contributed by atoms with Gasteiger partial charge in [-0.05, 0) is 31.9 Å². The van der Waals surface area contributed by atoms with Gasteiger partial charge in [0.2, 0.25) is 10.0 Å². The minimum absolute atomic E-state index is 0.111. The molecule has 8 heteroatoms. The van der Waals surface area contributed by atoms with Gasteiger partial charge in [0.05, 0.1) is 29.8 Å². The maximum absolute atomic E-state index is 12.8. The summed E-state index contributed by atoms with van der Waals surface area (Å²) in [5.41, 5.74) is 2.28. The minimum atomic E-state index is -3.85. The molecular weight excluding hydrogens is 342 g/mol. The number of Topliss-reactive ketones (excluding diaryl/α,β-unsaturated/α-hetero) is 1. The molecule has 25 heavy (non-hydrogen) atoms.